The zero-order chi connectivity index (χ0) is 13.9. The van der Waals surface area contributed by atoms with Crippen LogP contribution in [0.5, 0.6) is 0 Å². The van der Waals surface area contributed by atoms with E-state index in [0.717, 1.165) is 17.7 Å². The predicted molar refractivity (Wildman–Crippen MR) is 70.2 cm³/mol. The minimum absolute atomic E-state index is 0.181. The Balaban J connectivity index is 2.05. The quantitative estimate of drug-likeness (QED) is 0.916. The molecule has 0 spiro atoms. The van der Waals surface area contributed by atoms with Gasteiger partial charge in [0.2, 0.25) is 0 Å². The Labute approximate surface area is 111 Å². The van der Waals surface area contributed by atoms with Crippen LogP contribution in [0.2, 0.25) is 0 Å². The molecule has 5 heteroatoms. The first-order chi connectivity index (χ1) is 9.02. The number of halogens is 3. The standard InChI is InChI=1S/C14H19F3N2/c15-14(16,17)12-6-9-19(10-7-12)13-4-2-1-3-11(13)5-8-18/h1-4,12H,5-10,18H2. The Hall–Kier alpha value is -1.23. The highest BCUT2D eigenvalue weighted by Gasteiger charge is 2.41. The molecule has 1 aromatic carbocycles. The molecule has 0 aromatic heterocycles. The van der Waals surface area contributed by atoms with E-state index in [4.69, 9.17) is 5.73 Å². The van der Waals surface area contributed by atoms with Crippen LogP contribution in [0.4, 0.5) is 18.9 Å². The number of nitrogens with zero attached hydrogens (tertiary/aromatic N) is 1. The normalized spacial score (nSPS) is 17.8. The van der Waals surface area contributed by atoms with E-state index in [1.165, 1.54) is 0 Å². The highest BCUT2D eigenvalue weighted by Crippen LogP contribution is 2.36. The van der Waals surface area contributed by atoms with Crippen LogP contribution >= 0.6 is 0 Å². The maximum absolute atomic E-state index is 12.6. The number of anilines is 1. The maximum Gasteiger partial charge on any atom is 0.391 e. The zero-order valence-electron chi connectivity index (χ0n) is 10.8. The molecule has 2 N–H and O–H groups in total. The Kier molecular flexibility index (Phi) is 4.34. The van der Waals surface area contributed by atoms with Gasteiger partial charge in [-0.3, -0.25) is 0 Å². The fourth-order valence-electron chi connectivity index (χ4n) is 2.63. The fraction of sp³-hybridized carbons (Fsp3) is 0.571. The highest BCUT2D eigenvalue weighted by atomic mass is 19.4. The van der Waals surface area contributed by atoms with Gasteiger partial charge in [0, 0.05) is 18.8 Å². The van der Waals surface area contributed by atoms with Crippen molar-refractivity contribution in [1.29, 1.82) is 0 Å². The van der Waals surface area contributed by atoms with Crippen LogP contribution < -0.4 is 10.6 Å². The van der Waals surface area contributed by atoms with Crippen LogP contribution in [-0.2, 0) is 6.42 Å². The van der Waals surface area contributed by atoms with E-state index in [2.05, 4.69) is 0 Å². The summed E-state index contributed by atoms with van der Waals surface area (Å²) in [5, 5.41) is 0. The van der Waals surface area contributed by atoms with Crippen LogP contribution in [0.25, 0.3) is 0 Å². The number of hydrogen-bond donors (Lipinski definition) is 1. The molecule has 1 heterocycles. The summed E-state index contributed by atoms with van der Waals surface area (Å²) in [6, 6.07) is 7.83. The molecule has 1 aliphatic heterocycles. The molecule has 1 saturated heterocycles. The van der Waals surface area contributed by atoms with Crippen molar-refractivity contribution in [3.63, 3.8) is 0 Å². The number of hydrogen-bond acceptors (Lipinski definition) is 2. The first-order valence-electron chi connectivity index (χ1n) is 6.62. The smallest absolute Gasteiger partial charge is 0.371 e. The summed E-state index contributed by atoms with van der Waals surface area (Å²) < 4.78 is 37.9. The Morgan fingerprint density at radius 1 is 1.16 bits per heavy atom. The predicted octanol–water partition coefficient (Wildman–Crippen LogP) is 2.97. The molecule has 0 unspecified atom stereocenters. The molecular weight excluding hydrogens is 253 g/mol. The van der Waals surface area contributed by atoms with Crippen LogP contribution in [0.15, 0.2) is 24.3 Å². The van der Waals surface area contributed by atoms with Crippen molar-refractivity contribution in [3.05, 3.63) is 29.8 Å². The first kappa shape index (κ1) is 14.2. The Bertz CT molecular complexity index is 409. The Morgan fingerprint density at radius 2 is 1.79 bits per heavy atom. The molecule has 2 nitrogen and oxygen atoms in total. The number of para-hydroxylation sites is 1. The monoisotopic (exact) mass is 272 g/mol. The topological polar surface area (TPSA) is 29.3 Å². The zero-order valence-corrected chi connectivity index (χ0v) is 10.8. The second kappa shape index (κ2) is 5.82. The van der Waals surface area contributed by atoms with E-state index in [1.807, 2.05) is 29.2 Å². The van der Waals surface area contributed by atoms with Crippen LogP contribution in [0, 0.1) is 5.92 Å². The van der Waals surface area contributed by atoms with Crippen molar-refractivity contribution in [2.45, 2.75) is 25.4 Å². The van der Waals surface area contributed by atoms with Crippen molar-refractivity contribution in [3.8, 4) is 0 Å². The third-order valence-corrected chi connectivity index (χ3v) is 3.70. The van der Waals surface area contributed by atoms with Crippen molar-refractivity contribution >= 4 is 5.69 Å². The van der Waals surface area contributed by atoms with Gasteiger partial charge < -0.3 is 10.6 Å². The lowest BCUT2D eigenvalue weighted by Gasteiger charge is -2.35. The van der Waals surface area contributed by atoms with Gasteiger partial charge in [-0.1, -0.05) is 18.2 Å². The van der Waals surface area contributed by atoms with Gasteiger partial charge in [0.1, 0.15) is 0 Å². The minimum Gasteiger partial charge on any atom is -0.371 e. The van der Waals surface area contributed by atoms with Crippen LogP contribution in [-0.4, -0.2) is 25.8 Å². The van der Waals surface area contributed by atoms with Crippen molar-refractivity contribution in [1.82, 2.24) is 0 Å². The summed E-state index contributed by atoms with van der Waals surface area (Å²) >= 11 is 0. The van der Waals surface area contributed by atoms with Gasteiger partial charge in [0.25, 0.3) is 0 Å². The van der Waals surface area contributed by atoms with Gasteiger partial charge in [-0.2, -0.15) is 13.2 Å². The molecule has 0 saturated carbocycles. The van der Waals surface area contributed by atoms with Gasteiger partial charge in [0.15, 0.2) is 0 Å². The Morgan fingerprint density at radius 3 is 2.37 bits per heavy atom. The number of benzene rings is 1. The summed E-state index contributed by atoms with van der Waals surface area (Å²) in [7, 11) is 0. The molecule has 0 amide bonds. The molecular formula is C14H19F3N2. The van der Waals surface area contributed by atoms with E-state index in [1.54, 1.807) is 0 Å². The van der Waals surface area contributed by atoms with Crippen molar-refractivity contribution < 1.29 is 13.2 Å². The molecule has 0 bridgehead atoms. The number of alkyl halides is 3. The first-order valence-corrected chi connectivity index (χ1v) is 6.62. The van der Waals surface area contributed by atoms with Gasteiger partial charge in [-0.15, -0.1) is 0 Å². The third kappa shape index (κ3) is 3.41. The molecule has 1 aliphatic rings. The van der Waals surface area contributed by atoms with Gasteiger partial charge in [0.05, 0.1) is 5.92 Å². The molecule has 106 valence electrons. The van der Waals surface area contributed by atoms with E-state index in [-0.39, 0.29) is 12.8 Å². The maximum atomic E-state index is 12.6. The molecule has 0 atom stereocenters. The molecule has 2 rings (SSSR count). The number of rotatable bonds is 3. The van der Waals surface area contributed by atoms with E-state index < -0.39 is 12.1 Å². The fourth-order valence-corrected chi connectivity index (χ4v) is 2.63. The summed E-state index contributed by atoms with van der Waals surface area (Å²) in [5.41, 5.74) is 7.73. The second-order valence-corrected chi connectivity index (χ2v) is 4.97. The average molecular weight is 272 g/mol. The van der Waals surface area contributed by atoms with Gasteiger partial charge >= 0.3 is 6.18 Å². The van der Waals surface area contributed by atoms with Crippen LogP contribution in [0.3, 0.4) is 0 Å². The van der Waals surface area contributed by atoms with E-state index >= 15 is 0 Å². The largest absolute Gasteiger partial charge is 0.391 e. The minimum atomic E-state index is -4.05. The van der Waals surface area contributed by atoms with Crippen molar-refractivity contribution in [2.24, 2.45) is 11.7 Å². The van der Waals surface area contributed by atoms with E-state index in [9.17, 15) is 13.2 Å². The van der Waals surface area contributed by atoms with E-state index in [0.29, 0.717) is 19.6 Å². The van der Waals surface area contributed by atoms with Crippen LogP contribution in [0.1, 0.15) is 18.4 Å². The average Bonchev–Trinajstić information content (AvgIpc) is 2.39. The summed E-state index contributed by atoms with van der Waals surface area (Å²) in [4.78, 5) is 2.05. The molecule has 1 fully saturated rings. The lowest BCUT2D eigenvalue weighted by molar-refractivity contribution is -0.179. The molecule has 0 aliphatic carbocycles. The lowest BCUT2D eigenvalue weighted by Crippen LogP contribution is -2.39. The molecule has 1 aromatic rings. The highest BCUT2D eigenvalue weighted by molar-refractivity contribution is 5.54. The SMILES string of the molecule is NCCc1ccccc1N1CCC(C(F)(F)F)CC1. The molecule has 19 heavy (non-hydrogen) atoms. The lowest BCUT2D eigenvalue weighted by atomic mass is 9.95. The van der Waals surface area contributed by atoms with Gasteiger partial charge in [-0.25, -0.2) is 0 Å². The van der Waals surface area contributed by atoms with Gasteiger partial charge in [-0.05, 0) is 37.4 Å². The number of nitrogens with two attached hydrogens (primary N) is 1. The third-order valence-electron chi connectivity index (χ3n) is 3.70. The van der Waals surface area contributed by atoms with Crippen molar-refractivity contribution in [2.75, 3.05) is 24.5 Å². The summed E-state index contributed by atoms with van der Waals surface area (Å²) in [6.45, 7) is 1.48. The summed E-state index contributed by atoms with van der Waals surface area (Å²) in [5.74, 6) is -1.15. The molecule has 0 radical (unpaired) electrons. The summed E-state index contributed by atoms with van der Waals surface area (Å²) in [6.07, 6.45) is -2.93. The second-order valence-electron chi connectivity index (χ2n) is 4.97. The number of piperidine rings is 1.